The molecule has 32 heavy (non-hydrogen) atoms. The fraction of sp³-hybridized carbons (Fsp3) is 0.292. The summed E-state index contributed by atoms with van der Waals surface area (Å²) >= 11 is 0. The van der Waals surface area contributed by atoms with Crippen LogP contribution in [0.4, 0.5) is 5.69 Å². The number of hydrogen-bond donors (Lipinski definition) is 2. The van der Waals surface area contributed by atoms with Crippen molar-refractivity contribution < 1.29 is 19.4 Å². The second-order valence-corrected chi connectivity index (χ2v) is 8.13. The molecule has 3 heterocycles. The molecule has 1 fully saturated rings. The van der Waals surface area contributed by atoms with Crippen LogP contribution in [0.1, 0.15) is 28.8 Å². The smallest absolute Gasteiger partial charge is 0.253 e. The number of amides is 2. The van der Waals surface area contributed by atoms with Gasteiger partial charge in [0.2, 0.25) is 5.91 Å². The number of aromatic nitrogens is 2. The molecule has 2 N–H and O–H groups in total. The number of fused-ring (bicyclic) bond motifs is 1. The number of aryl methyl sites for hydroxylation is 1. The van der Waals surface area contributed by atoms with E-state index in [9.17, 15) is 14.7 Å². The third-order valence-electron chi connectivity index (χ3n) is 5.95. The number of carbonyl (C=O) groups is 2. The molecule has 5 rings (SSSR count). The van der Waals surface area contributed by atoms with E-state index in [0.717, 1.165) is 16.9 Å². The molecule has 164 valence electrons. The van der Waals surface area contributed by atoms with Crippen LogP contribution in [0.5, 0.6) is 5.75 Å². The maximum atomic E-state index is 12.9. The van der Waals surface area contributed by atoms with Crippen molar-refractivity contribution in [1.82, 2.24) is 14.7 Å². The molecule has 0 aliphatic carbocycles. The SMILES string of the molecule is O=C1CCc2ccc(O[C@@H]3CCN(C(=O)c4ccc(-n5cccn5)cc4)C[C@H]3O)cc2N1. The Morgan fingerprint density at radius 3 is 2.75 bits per heavy atom. The van der Waals surface area contributed by atoms with Gasteiger partial charge in [-0.25, -0.2) is 4.68 Å². The second kappa shape index (κ2) is 8.47. The standard InChI is InChI=1S/C24H24N4O4/c29-21-15-27(24(31)17-2-6-18(7-3-17)28-12-1-11-25-28)13-10-22(21)32-19-8-4-16-5-9-23(30)26-20(16)14-19/h1-4,6-8,11-12,14,21-22,29H,5,9-10,13,15H2,(H,26,30)/t21-,22-/m1/s1. The van der Waals surface area contributed by atoms with Crippen molar-refractivity contribution in [3.8, 4) is 11.4 Å². The average molecular weight is 432 g/mol. The fourth-order valence-corrected chi connectivity index (χ4v) is 4.19. The highest BCUT2D eigenvalue weighted by Crippen LogP contribution is 2.29. The zero-order chi connectivity index (χ0) is 22.1. The number of aliphatic hydroxyl groups is 1. The average Bonchev–Trinajstić information content (AvgIpc) is 3.35. The van der Waals surface area contributed by atoms with Crippen molar-refractivity contribution in [2.45, 2.75) is 31.5 Å². The van der Waals surface area contributed by atoms with E-state index in [2.05, 4.69) is 10.4 Å². The Labute approximate surface area is 185 Å². The molecule has 2 aliphatic heterocycles. The highest BCUT2D eigenvalue weighted by atomic mass is 16.5. The first-order chi connectivity index (χ1) is 15.6. The number of likely N-dealkylation sites (tertiary alicyclic amines) is 1. The number of piperidine rings is 1. The second-order valence-electron chi connectivity index (χ2n) is 8.13. The first-order valence-corrected chi connectivity index (χ1v) is 10.7. The maximum absolute atomic E-state index is 12.9. The van der Waals surface area contributed by atoms with Crippen LogP contribution in [0.3, 0.4) is 0 Å². The Bertz CT molecular complexity index is 1130. The molecule has 0 spiro atoms. The third kappa shape index (κ3) is 4.09. The van der Waals surface area contributed by atoms with Gasteiger partial charge in [-0.15, -0.1) is 0 Å². The minimum Gasteiger partial charge on any atom is -0.488 e. The van der Waals surface area contributed by atoms with E-state index < -0.39 is 12.2 Å². The van der Waals surface area contributed by atoms with E-state index >= 15 is 0 Å². The molecule has 2 aliphatic rings. The number of nitrogens with one attached hydrogen (secondary N) is 1. The molecule has 2 amide bonds. The van der Waals surface area contributed by atoms with E-state index in [1.807, 2.05) is 36.5 Å². The highest BCUT2D eigenvalue weighted by Gasteiger charge is 2.32. The monoisotopic (exact) mass is 432 g/mol. The molecule has 1 aromatic heterocycles. The molecule has 0 unspecified atom stereocenters. The van der Waals surface area contributed by atoms with E-state index in [-0.39, 0.29) is 18.4 Å². The lowest BCUT2D eigenvalue weighted by Gasteiger charge is -2.36. The summed E-state index contributed by atoms with van der Waals surface area (Å²) in [6, 6.07) is 14.7. The van der Waals surface area contributed by atoms with Crippen molar-refractivity contribution >= 4 is 17.5 Å². The largest absolute Gasteiger partial charge is 0.488 e. The maximum Gasteiger partial charge on any atom is 0.253 e. The predicted octanol–water partition coefficient (Wildman–Crippen LogP) is 2.41. The van der Waals surface area contributed by atoms with Gasteiger partial charge in [-0.1, -0.05) is 6.07 Å². The van der Waals surface area contributed by atoms with Crippen LogP contribution in [0, 0.1) is 0 Å². The van der Waals surface area contributed by atoms with E-state index in [0.29, 0.717) is 37.1 Å². The van der Waals surface area contributed by atoms with Gasteiger partial charge < -0.3 is 20.1 Å². The van der Waals surface area contributed by atoms with Crippen LogP contribution >= 0.6 is 0 Å². The molecule has 1 saturated heterocycles. The lowest BCUT2D eigenvalue weighted by atomic mass is 10.0. The molecule has 0 saturated carbocycles. The summed E-state index contributed by atoms with van der Waals surface area (Å²) in [5.41, 5.74) is 3.29. The summed E-state index contributed by atoms with van der Waals surface area (Å²) in [4.78, 5) is 26.2. The summed E-state index contributed by atoms with van der Waals surface area (Å²) in [5, 5.41) is 17.7. The van der Waals surface area contributed by atoms with Crippen molar-refractivity contribution in [3.05, 3.63) is 72.1 Å². The fourth-order valence-electron chi connectivity index (χ4n) is 4.19. The number of rotatable bonds is 4. The van der Waals surface area contributed by atoms with Gasteiger partial charge in [0.15, 0.2) is 0 Å². The van der Waals surface area contributed by atoms with Crippen LogP contribution in [0.2, 0.25) is 0 Å². The molecule has 3 aromatic rings. The Morgan fingerprint density at radius 2 is 2.00 bits per heavy atom. The highest BCUT2D eigenvalue weighted by molar-refractivity contribution is 5.95. The summed E-state index contributed by atoms with van der Waals surface area (Å²) < 4.78 is 7.74. The Kier molecular flexibility index (Phi) is 5.36. The normalized spacial score (nSPS) is 20.4. The van der Waals surface area contributed by atoms with Gasteiger partial charge >= 0.3 is 0 Å². The van der Waals surface area contributed by atoms with Gasteiger partial charge in [-0.2, -0.15) is 5.10 Å². The van der Waals surface area contributed by atoms with Gasteiger partial charge in [-0.05, 0) is 48.4 Å². The minimum absolute atomic E-state index is 0.000777. The van der Waals surface area contributed by atoms with Crippen LogP contribution in [0.15, 0.2) is 60.9 Å². The van der Waals surface area contributed by atoms with Crippen molar-refractivity contribution in [1.29, 1.82) is 0 Å². The molecule has 2 aromatic carbocycles. The van der Waals surface area contributed by atoms with Crippen LogP contribution in [0.25, 0.3) is 5.69 Å². The number of β-amino-alcohol motifs (C(OH)–C–C–N with tert-alkyl or cyclic N) is 1. The molecular formula is C24H24N4O4. The van der Waals surface area contributed by atoms with Crippen molar-refractivity contribution in [2.75, 3.05) is 18.4 Å². The number of aliphatic hydroxyl groups excluding tert-OH is 1. The lowest BCUT2D eigenvalue weighted by Crippen LogP contribution is -2.51. The van der Waals surface area contributed by atoms with E-state index in [4.69, 9.17) is 4.74 Å². The Morgan fingerprint density at radius 1 is 1.16 bits per heavy atom. The quantitative estimate of drug-likeness (QED) is 0.660. The molecule has 8 heteroatoms. The zero-order valence-electron chi connectivity index (χ0n) is 17.5. The van der Waals surface area contributed by atoms with E-state index in [1.165, 1.54) is 0 Å². The first-order valence-electron chi connectivity index (χ1n) is 10.7. The Hall–Kier alpha value is -3.65. The summed E-state index contributed by atoms with van der Waals surface area (Å²) in [7, 11) is 0. The predicted molar refractivity (Wildman–Crippen MR) is 118 cm³/mol. The van der Waals surface area contributed by atoms with Gasteiger partial charge in [0.1, 0.15) is 18.0 Å². The first kappa shape index (κ1) is 20.3. The molecule has 0 radical (unpaired) electrons. The summed E-state index contributed by atoms with van der Waals surface area (Å²) in [6.45, 7) is 0.690. The van der Waals surface area contributed by atoms with Crippen LogP contribution < -0.4 is 10.1 Å². The van der Waals surface area contributed by atoms with Crippen LogP contribution in [-0.2, 0) is 11.2 Å². The summed E-state index contributed by atoms with van der Waals surface area (Å²) in [5.74, 6) is 0.481. The number of ether oxygens (including phenoxy) is 1. The topological polar surface area (TPSA) is 96.7 Å². The lowest BCUT2D eigenvalue weighted by molar-refractivity contribution is -0.116. The summed E-state index contributed by atoms with van der Waals surface area (Å²) in [6.07, 6.45) is 4.04. The molecular weight excluding hydrogens is 408 g/mol. The third-order valence-corrected chi connectivity index (χ3v) is 5.95. The van der Waals surface area contributed by atoms with Gasteiger partial charge in [0, 0.05) is 49.1 Å². The van der Waals surface area contributed by atoms with Gasteiger partial charge in [-0.3, -0.25) is 9.59 Å². The minimum atomic E-state index is -0.804. The number of nitrogens with zero attached hydrogens (tertiary/aromatic N) is 3. The molecule has 2 atom stereocenters. The van der Waals surface area contributed by atoms with Crippen molar-refractivity contribution in [2.24, 2.45) is 0 Å². The molecule has 8 nitrogen and oxygen atoms in total. The number of anilines is 1. The van der Waals surface area contributed by atoms with Gasteiger partial charge in [0.25, 0.3) is 5.91 Å². The zero-order valence-corrected chi connectivity index (χ0v) is 17.5. The Balaban J connectivity index is 1.21. The number of benzene rings is 2. The number of carbonyl (C=O) groups excluding carboxylic acids is 2. The number of hydrogen-bond acceptors (Lipinski definition) is 5. The van der Waals surface area contributed by atoms with Crippen molar-refractivity contribution in [3.63, 3.8) is 0 Å². The van der Waals surface area contributed by atoms with Gasteiger partial charge in [0.05, 0.1) is 12.2 Å². The van der Waals surface area contributed by atoms with Crippen LogP contribution in [-0.4, -0.2) is 56.9 Å². The van der Waals surface area contributed by atoms with E-state index in [1.54, 1.807) is 34.0 Å². The molecule has 0 bridgehead atoms.